The van der Waals surface area contributed by atoms with Gasteiger partial charge in [0, 0.05) is 20.4 Å². The Morgan fingerprint density at radius 2 is 2.11 bits per heavy atom. The van der Waals surface area contributed by atoms with Crippen molar-refractivity contribution in [3.8, 4) is 0 Å². The molecular formula is C13H11Br2NOS. The summed E-state index contributed by atoms with van der Waals surface area (Å²) >= 11 is 8.46. The Balaban J connectivity index is 1.91. The number of halogens is 2. The number of carbonyl (C=O) groups excluding carboxylic acids is 1. The highest BCUT2D eigenvalue weighted by Crippen LogP contribution is 2.21. The van der Waals surface area contributed by atoms with Crippen molar-refractivity contribution in [2.45, 2.75) is 6.42 Å². The van der Waals surface area contributed by atoms with E-state index in [2.05, 4.69) is 43.2 Å². The zero-order valence-corrected chi connectivity index (χ0v) is 13.4. The summed E-state index contributed by atoms with van der Waals surface area (Å²) in [5, 5.41) is 4.96. The van der Waals surface area contributed by atoms with Crippen molar-refractivity contribution in [3.05, 3.63) is 55.1 Å². The number of hydrogen-bond acceptors (Lipinski definition) is 2. The van der Waals surface area contributed by atoms with Crippen LogP contribution in [0.5, 0.6) is 0 Å². The second-order valence-electron chi connectivity index (χ2n) is 3.71. The van der Waals surface area contributed by atoms with E-state index in [0.717, 1.165) is 15.4 Å². The normalized spacial score (nSPS) is 10.3. The van der Waals surface area contributed by atoms with Gasteiger partial charge in [-0.05, 0) is 52.0 Å². The van der Waals surface area contributed by atoms with Gasteiger partial charge in [-0.25, -0.2) is 0 Å². The average molecular weight is 389 g/mol. The summed E-state index contributed by atoms with van der Waals surface area (Å²) in [5.41, 5.74) is 0.657. The highest BCUT2D eigenvalue weighted by Gasteiger charge is 2.09. The van der Waals surface area contributed by atoms with Gasteiger partial charge >= 0.3 is 0 Å². The number of rotatable bonds is 4. The van der Waals surface area contributed by atoms with Crippen LogP contribution in [-0.4, -0.2) is 12.5 Å². The van der Waals surface area contributed by atoms with E-state index in [-0.39, 0.29) is 5.91 Å². The van der Waals surface area contributed by atoms with Gasteiger partial charge in [0.2, 0.25) is 0 Å². The first-order valence-electron chi connectivity index (χ1n) is 5.42. The van der Waals surface area contributed by atoms with Crippen LogP contribution < -0.4 is 5.32 Å². The molecule has 0 spiro atoms. The summed E-state index contributed by atoms with van der Waals surface area (Å²) in [5.74, 6) is -0.0501. The van der Waals surface area contributed by atoms with Crippen LogP contribution in [0.15, 0.2) is 44.7 Å². The van der Waals surface area contributed by atoms with Gasteiger partial charge in [0.15, 0.2) is 0 Å². The topological polar surface area (TPSA) is 29.1 Å². The third-order valence-corrected chi connectivity index (χ3v) is 4.50. The molecule has 94 valence electrons. The van der Waals surface area contributed by atoms with Gasteiger partial charge in [0.25, 0.3) is 5.91 Å². The van der Waals surface area contributed by atoms with Crippen LogP contribution in [0.3, 0.4) is 0 Å². The van der Waals surface area contributed by atoms with E-state index in [4.69, 9.17) is 0 Å². The SMILES string of the molecule is O=C(NCCc1cccs1)c1ccc(Br)cc1Br. The Morgan fingerprint density at radius 1 is 1.28 bits per heavy atom. The molecule has 1 amide bonds. The zero-order valence-electron chi connectivity index (χ0n) is 9.45. The summed E-state index contributed by atoms with van der Waals surface area (Å²) < 4.78 is 1.75. The maximum Gasteiger partial charge on any atom is 0.252 e. The molecule has 0 fully saturated rings. The highest BCUT2D eigenvalue weighted by molar-refractivity contribution is 9.11. The van der Waals surface area contributed by atoms with E-state index in [1.807, 2.05) is 23.6 Å². The zero-order chi connectivity index (χ0) is 13.0. The van der Waals surface area contributed by atoms with Crippen LogP contribution in [-0.2, 0) is 6.42 Å². The summed E-state index contributed by atoms with van der Waals surface area (Å²) in [7, 11) is 0. The molecular weight excluding hydrogens is 378 g/mol. The number of hydrogen-bond donors (Lipinski definition) is 1. The van der Waals surface area contributed by atoms with Crippen LogP contribution in [0.4, 0.5) is 0 Å². The molecule has 0 saturated heterocycles. The third-order valence-electron chi connectivity index (χ3n) is 2.41. The van der Waals surface area contributed by atoms with Gasteiger partial charge in [-0.2, -0.15) is 0 Å². The van der Waals surface area contributed by atoms with Gasteiger partial charge < -0.3 is 5.32 Å². The standard InChI is InChI=1S/C13H11Br2NOS/c14-9-3-4-11(12(15)8-9)13(17)16-6-5-10-2-1-7-18-10/h1-4,7-8H,5-6H2,(H,16,17). The second kappa shape index (κ2) is 6.50. The second-order valence-corrected chi connectivity index (χ2v) is 6.51. The Bertz CT molecular complexity index is 540. The van der Waals surface area contributed by atoms with Crippen LogP contribution in [0.25, 0.3) is 0 Å². The van der Waals surface area contributed by atoms with Crippen LogP contribution in [0, 0.1) is 0 Å². The molecule has 1 heterocycles. The molecule has 1 aromatic carbocycles. The molecule has 0 aliphatic rings. The largest absolute Gasteiger partial charge is 0.352 e. The van der Waals surface area contributed by atoms with E-state index in [0.29, 0.717) is 12.1 Å². The number of carbonyl (C=O) groups is 1. The van der Waals surface area contributed by atoms with Crippen molar-refractivity contribution in [3.63, 3.8) is 0 Å². The molecule has 0 aliphatic carbocycles. The van der Waals surface area contributed by atoms with Gasteiger partial charge in [0.1, 0.15) is 0 Å². The van der Waals surface area contributed by atoms with Crippen molar-refractivity contribution >= 4 is 49.1 Å². The van der Waals surface area contributed by atoms with Crippen molar-refractivity contribution in [1.82, 2.24) is 5.32 Å². The third kappa shape index (κ3) is 3.67. The van der Waals surface area contributed by atoms with Gasteiger partial charge in [-0.1, -0.05) is 22.0 Å². The molecule has 0 unspecified atom stereocenters. The lowest BCUT2D eigenvalue weighted by molar-refractivity contribution is 0.0953. The lowest BCUT2D eigenvalue weighted by atomic mass is 10.2. The molecule has 18 heavy (non-hydrogen) atoms. The van der Waals surface area contributed by atoms with Crippen molar-refractivity contribution in [1.29, 1.82) is 0 Å². The Hall–Kier alpha value is -0.650. The maximum atomic E-state index is 12.0. The molecule has 0 radical (unpaired) electrons. The predicted molar refractivity (Wildman–Crippen MR) is 82.2 cm³/mol. The minimum absolute atomic E-state index is 0.0501. The molecule has 0 bridgehead atoms. The van der Waals surface area contributed by atoms with Crippen LogP contribution in [0.2, 0.25) is 0 Å². The summed E-state index contributed by atoms with van der Waals surface area (Å²) in [6, 6.07) is 9.63. The van der Waals surface area contributed by atoms with Crippen molar-refractivity contribution in [2.24, 2.45) is 0 Å². The lowest BCUT2D eigenvalue weighted by Gasteiger charge is -2.06. The molecule has 1 N–H and O–H groups in total. The van der Waals surface area contributed by atoms with Crippen LogP contribution in [0.1, 0.15) is 15.2 Å². The lowest BCUT2D eigenvalue weighted by Crippen LogP contribution is -2.25. The highest BCUT2D eigenvalue weighted by atomic mass is 79.9. The Labute approximate surface area is 127 Å². The molecule has 1 aromatic heterocycles. The number of benzene rings is 1. The summed E-state index contributed by atoms with van der Waals surface area (Å²) in [4.78, 5) is 13.2. The summed E-state index contributed by atoms with van der Waals surface area (Å²) in [6.45, 7) is 0.655. The van der Waals surface area contributed by atoms with E-state index >= 15 is 0 Å². The molecule has 2 rings (SSSR count). The average Bonchev–Trinajstić information content (AvgIpc) is 2.81. The smallest absolute Gasteiger partial charge is 0.252 e. The fourth-order valence-corrected chi connectivity index (χ4v) is 3.46. The predicted octanol–water partition coefficient (Wildman–Crippen LogP) is 4.25. The quantitative estimate of drug-likeness (QED) is 0.833. The Morgan fingerprint density at radius 3 is 2.78 bits per heavy atom. The van der Waals surface area contributed by atoms with Gasteiger partial charge in [0.05, 0.1) is 5.56 Å². The van der Waals surface area contributed by atoms with Gasteiger partial charge in [-0.3, -0.25) is 4.79 Å². The van der Waals surface area contributed by atoms with E-state index in [9.17, 15) is 4.79 Å². The first-order chi connectivity index (χ1) is 8.66. The first kappa shape index (κ1) is 13.8. The van der Waals surface area contributed by atoms with Crippen molar-refractivity contribution in [2.75, 3.05) is 6.54 Å². The first-order valence-corrected chi connectivity index (χ1v) is 7.89. The monoisotopic (exact) mass is 387 g/mol. The molecule has 2 aromatic rings. The fraction of sp³-hybridized carbons (Fsp3) is 0.154. The van der Waals surface area contributed by atoms with E-state index in [1.165, 1.54) is 4.88 Å². The van der Waals surface area contributed by atoms with E-state index in [1.54, 1.807) is 17.4 Å². The molecule has 0 atom stereocenters. The fourth-order valence-electron chi connectivity index (χ4n) is 1.52. The molecule has 0 aliphatic heterocycles. The Kier molecular flexibility index (Phi) is 4.97. The number of amides is 1. The minimum atomic E-state index is -0.0501. The summed E-state index contributed by atoms with van der Waals surface area (Å²) in [6.07, 6.45) is 0.873. The number of nitrogens with one attached hydrogen (secondary N) is 1. The molecule has 5 heteroatoms. The number of thiophene rings is 1. The maximum absolute atomic E-state index is 12.0. The molecule has 2 nitrogen and oxygen atoms in total. The van der Waals surface area contributed by atoms with E-state index < -0.39 is 0 Å². The molecule has 0 saturated carbocycles. The van der Waals surface area contributed by atoms with Crippen LogP contribution >= 0.6 is 43.2 Å². The van der Waals surface area contributed by atoms with Crippen molar-refractivity contribution < 1.29 is 4.79 Å². The van der Waals surface area contributed by atoms with Gasteiger partial charge in [-0.15, -0.1) is 11.3 Å². The minimum Gasteiger partial charge on any atom is -0.352 e.